The summed E-state index contributed by atoms with van der Waals surface area (Å²) in [6.07, 6.45) is 0.830. The minimum absolute atomic E-state index is 0. The van der Waals surface area contributed by atoms with E-state index in [4.69, 9.17) is 10.8 Å². The molecule has 0 saturated carbocycles. The molecule has 3 heteroatoms. The van der Waals surface area contributed by atoms with Crippen LogP contribution in [0.1, 0.15) is 13.3 Å². The van der Waals surface area contributed by atoms with Crippen LogP contribution in [0.3, 0.4) is 0 Å². The third-order valence-electron chi connectivity index (χ3n) is 1.02. The summed E-state index contributed by atoms with van der Waals surface area (Å²) in [5.41, 5.74) is 5.25. The Morgan fingerprint density at radius 2 is 2.12 bits per heavy atom. The van der Waals surface area contributed by atoms with Crippen LogP contribution in [0.4, 0.5) is 0 Å². The van der Waals surface area contributed by atoms with E-state index in [1.165, 1.54) is 0 Å². The van der Waals surface area contributed by atoms with Crippen LogP contribution in [0.2, 0.25) is 0 Å². The van der Waals surface area contributed by atoms with E-state index in [0.717, 1.165) is 6.42 Å². The van der Waals surface area contributed by atoms with Gasteiger partial charge in [0.25, 0.3) is 0 Å². The molecule has 0 heterocycles. The molecule has 3 N–H and O–H groups in total. The number of halogens is 1. The summed E-state index contributed by atoms with van der Waals surface area (Å²) in [6, 6.07) is 0. The van der Waals surface area contributed by atoms with E-state index in [2.05, 4.69) is 0 Å². The van der Waals surface area contributed by atoms with Crippen LogP contribution in [0.25, 0.3) is 0 Å². The second-order valence-electron chi connectivity index (χ2n) is 1.85. The Morgan fingerprint density at radius 3 is 2.25 bits per heavy atom. The molecular formula is C5H14ClNO. The summed E-state index contributed by atoms with van der Waals surface area (Å²) in [6.45, 7) is 2.97. The van der Waals surface area contributed by atoms with E-state index < -0.39 is 0 Å². The quantitative estimate of drug-likeness (QED) is 0.594. The lowest BCUT2D eigenvalue weighted by Gasteiger charge is -2.02. The molecule has 0 aliphatic heterocycles. The zero-order valence-corrected chi connectivity index (χ0v) is 5.95. The molecule has 0 unspecified atom stereocenters. The molecule has 0 saturated heterocycles. The fraction of sp³-hybridized carbons (Fsp3) is 1.00. The predicted molar refractivity (Wildman–Crippen MR) is 37.2 cm³/mol. The van der Waals surface area contributed by atoms with E-state index in [1.54, 1.807) is 0 Å². The average Bonchev–Trinajstić information content (AvgIpc) is 1.68. The molecular weight excluding hydrogens is 126 g/mol. The summed E-state index contributed by atoms with van der Waals surface area (Å²) in [7, 11) is 0. The van der Waals surface area contributed by atoms with Crippen molar-refractivity contribution in [3.8, 4) is 0 Å². The van der Waals surface area contributed by atoms with Crippen molar-refractivity contribution in [3.63, 3.8) is 0 Å². The maximum absolute atomic E-state index is 8.31. The van der Waals surface area contributed by atoms with Crippen molar-refractivity contribution >= 4 is 12.4 Å². The van der Waals surface area contributed by atoms with Gasteiger partial charge in [0, 0.05) is 6.61 Å². The smallest absolute Gasteiger partial charge is 0.0434 e. The van der Waals surface area contributed by atoms with Gasteiger partial charge in [-0.15, -0.1) is 12.4 Å². The van der Waals surface area contributed by atoms with Crippen LogP contribution in [-0.4, -0.2) is 18.3 Å². The first-order chi connectivity index (χ1) is 3.31. The van der Waals surface area contributed by atoms with Gasteiger partial charge in [-0.05, 0) is 18.9 Å². The molecule has 0 aromatic heterocycles. The van der Waals surface area contributed by atoms with Crippen molar-refractivity contribution in [2.24, 2.45) is 11.7 Å². The van der Waals surface area contributed by atoms with Gasteiger partial charge in [-0.25, -0.2) is 0 Å². The van der Waals surface area contributed by atoms with E-state index in [1.807, 2.05) is 6.92 Å². The Bertz CT molecular complexity index is 43.4. The van der Waals surface area contributed by atoms with Crippen molar-refractivity contribution in [1.82, 2.24) is 0 Å². The topological polar surface area (TPSA) is 46.2 Å². The third-order valence-corrected chi connectivity index (χ3v) is 1.02. The van der Waals surface area contributed by atoms with E-state index in [-0.39, 0.29) is 19.0 Å². The first-order valence-corrected chi connectivity index (χ1v) is 2.62. The fourth-order valence-corrected chi connectivity index (χ4v) is 0.338. The SMILES string of the molecule is C[C@H](CN)CCO.Cl. The molecule has 0 amide bonds. The lowest BCUT2D eigenvalue weighted by atomic mass is 10.1. The summed E-state index contributed by atoms with van der Waals surface area (Å²) < 4.78 is 0. The maximum atomic E-state index is 8.31. The van der Waals surface area contributed by atoms with Crippen LogP contribution < -0.4 is 5.73 Å². The maximum Gasteiger partial charge on any atom is 0.0434 e. The second-order valence-corrected chi connectivity index (χ2v) is 1.85. The first-order valence-electron chi connectivity index (χ1n) is 2.62. The predicted octanol–water partition coefficient (Wildman–Crippen LogP) is 0.385. The zero-order valence-electron chi connectivity index (χ0n) is 5.13. The first kappa shape index (κ1) is 11.1. The monoisotopic (exact) mass is 139 g/mol. The standard InChI is InChI=1S/C5H13NO.ClH/c1-5(4-6)2-3-7;/h5,7H,2-4,6H2,1H3;1H/t5-;/m0./s1. The summed E-state index contributed by atoms with van der Waals surface area (Å²) in [4.78, 5) is 0. The van der Waals surface area contributed by atoms with Gasteiger partial charge < -0.3 is 10.8 Å². The van der Waals surface area contributed by atoms with Crippen LogP contribution in [-0.2, 0) is 0 Å². The Labute approximate surface area is 56.5 Å². The molecule has 0 aromatic rings. The van der Waals surface area contributed by atoms with Crippen LogP contribution in [0.5, 0.6) is 0 Å². The van der Waals surface area contributed by atoms with Crippen LogP contribution in [0.15, 0.2) is 0 Å². The minimum atomic E-state index is 0. The summed E-state index contributed by atoms with van der Waals surface area (Å²) in [5, 5.41) is 8.31. The van der Waals surface area contributed by atoms with Gasteiger partial charge in [-0.3, -0.25) is 0 Å². The van der Waals surface area contributed by atoms with Crippen molar-refractivity contribution in [2.45, 2.75) is 13.3 Å². The second kappa shape index (κ2) is 7.21. The molecule has 0 aliphatic carbocycles. The molecule has 0 bridgehead atoms. The highest BCUT2D eigenvalue weighted by molar-refractivity contribution is 5.85. The molecule has 0 rings (SSSR count). The molecule has 2 nitrogen and oxygen atoms in total. The number of aliphatic hydroxyl groups is 1. The van der Waals surface area contributed by atoms with E-state index in [9.17, 15) is 0 Å². The highest BCUT2D eigenvalue weighted by Gasteiger charge is 1.93. The summed E-state index contributed by atoms with van der Waals surface area (Å²) in [5.74, 6) is 0.477. The van der Waals surface area contributed by atoms with E-state index in [0.29, 0.717) is 12.5 Å². The third kappa shape index (κ3) is 6.21. The Kier molecular flexibility index (Phi) is 9.97. The highest BCUT2D eigenvalue weighted by atomic mass is 35.5. The zero-order chi connectivity index (χ0) is 5.70. The molecule has 0 aromatic carbocycles. The van der Waals surface area contributed by atoms with Gasteiger partial charge in [-0.2, -0.15) is 0 Å². The molecule has 0 aliphatic rings. The number of aliphatic hydroxyl groups excluding tert-OH is 1. The van der Waals surface area contributed by atoms with Crippen molar-refractivity contribution in [1.29, 1.82) is 0 Å². The van der Waals surface area contributed by atoms with Gasteiger partial charge in [0.2, 0.25) is 0 Å². The van der Waals surface area contributed by atoms with E-state index >= 15 is 0 Å². The largest absolute Gasteiger partial charge is 0.396 e. The van der Waals surface area contributed by atoms with Crippen molar-refractivity contribution < 1.29 is 5.11 Å². The van der Waals surface area contributed by atoms with Crippen LogP contribution >= 0.6 is 12.4 Å². The van der Waals surface area contributed by atoms with Gasteiger partial charge in [0.1, 0.15) is 0 Å². The van der Waals surface area contributed by atoms with Crippen LogP contribution in [0, 0.1) is 5.92 Å². The molecule has 0 radical (unpaired) electrons. The van der Waals surface area contributed by atoms with Gasteiger partial charge in [0.05, 0.1) is 0 Å². The Balaban J connectivity index is 0. The minimum Gasteiger partial charge on any atom is -0.396 e. The number of rotatable bonds is 3. The average molecular weight is 140 g/mol. The Morgan fingerprint density at radius 1 is 1.62 bits per heavy atom. The van der Waals surface area contributed by atoms with Crippen molar-refractivity contribution in [3.05, 3.63) is 0 Å². The normalized spacial score (nSPS) is 12.4. The fourth-order valence-electron chi connectivity index (χ4n) is 0.338. The van der Waals surface area contributed by atoms with Gasteiger partial charge in [0.15, 0.2) is 0 Å². The summed E-state index contributed by atoms with van der Waals surface area (Å²) >= 11 is 0. The molecule has 52 valence electrons. The lowest BCUT2D eigenvalue weighted by molar-refractivity contribution is 0.264. The number of hydrogen-bond acceptors (Lipinski definition) is 2. The number of hydrogen-bond donors (Lipinski definition) is 2. The molecule has 8 heavy (non-hydrogen) atoms. The van der Waals surface area contributed by atoms with Gasteiger partial charge in [-0.1, -0.05) is 6.92 Å². The lowest BCUT2D eigenvalue weighted by Crippen LogP contribution is -2.11. The number of nitrogens with two attached hydrogens (primary N) is 1. The molecule has 0 spiro atoms. The van der Waals surface area contributed by atoms with Crippen molar-refractivity contribution in [2.75, 3.05) is 13.2 Å². The molecule has 0 fully saturated rings. The molecule has 1 atom stereocenters. The van der Waals surface area contributed by atoms with Gasteiger partial charge >= 0.3 is 0 Å². The Hall–Kier alpha value is 0.210. The highest BCUT2D eigenvalue weighted by Crippen LogP contribution is 1.94.